The molecule has 31 heavy (non-hydrogen) atoms. The molecule has 0 radical (unpaired) electrons. The summed E-state index contributed by atoms with van der Waals surface area (Å²) in [6.07, 6.45) is 0.623. The Kier molecular flexibility index (Phi) is 5.83. The summed E-state index contributed by atoms with van der Waals surface area (Å²) in [5.74, 6) is -0.515. The van der Waals surface area contributed by atoms with Crippen LogP contribution in [0.3, 0.4) is 0 Å². The number of anilines is 1. The van der Waals surface area contributed by atoms with Crippen LogP contribution in [0.2, 0.25) is 0 Å². The summed E-state index contributed by atoms with van der Waals surface area (Å²) < 4.78 is 36.7. The number of nitrogens with two attached hydrogens (primary N) is 1. The molecule has 0 bridgehead atoms. The molecule has 1 aliphatic heterocycles. The predicted molar refractivity (Wildman–Crippen MR) is 119 cm³/mol. The van der Waals surface area contributed by atoms with Crippen molar-refractivity contribution in [1.29, 1.82) is 0 Å². The number of sulfonamides is 1. The molecule has 6 nitrogen and oxygen atoms in total. The maximum absolute atomic E-state index is 13.4. The van der Waals surface area contributed by atoms with E-state index in [0.29, 0.717) is 6.42 Å². The van der Waals surface area contributed by atoms with Gasteiger partial charge in [0.25, 0.3) is 0 Å². The fourth-order valence-corrected chi connectivity index (χ4v) is 5.25. The van der Waals surface area contributed by atoms with Gasteiger partial charge in [0.1, 0.15) is 5.82 Å². The molecular weight excluding hydrogens is 437 g/mol. The summed E-state index contributed by atoms with van der Waals surface area (Å²) in [5.41, 5.74) is 2.47. The standard InChI is InChI=1S/C22H22FN3O3S2/c1-14-11-16-12-18(31(24,28)29)8-9-19(16)26(14)13-21(27)25-22(20-3-2-10-30-20)15-4-6-17(23)7-5-15/h2-10,12,14,22H,11,13H2,1H3,(H,25,27)(H2,24,28,29)/t14-,22-/m0/s1. The minimum absolute atomic E-state index is 0.0301. The molecule has 0 unspecified atom stereocenters. The summed E-state index contributed by atoms with van der Waals surface area (Å²) in [6.45, 7) is 2.10. The summed E-state index contributed by atoms with van der Waals surface area (Å²) in [5, 5.41) is 10.2. The van der Waals surface area contributed by atoms with Crippen molar-refractivity contribution in [3.63, 3.8) is 0 Å². The molecular formula is C22H22FN3O3S2. The molecule has 2 heterocycles. The van der Waals surface area contributed by atoms with Crippen LogP contribution in [0.15, 0.2) is 64.9 Å². The maximum Gasteiger partial charge on any atom is 0.240 e. The van der Waals surface area contributed by atoms with Gasteiger partial charge in [0.15, 0.2) is 0 Å². The highest BCUT2D eigenvalue weighted by molar-refractivity contribution is 7.89. The first kappa shape index (κ1) is 21.5. The quantitative estimate of drug-likeness (QED) is 0.592. The van der Waals surface area contributed by atoms with Crippen LogP contribution < -0.4 is 15.4 Å². The zero-order valence-corrected chi connectivity index (χ0v) is 18.4. The van der Waals surface area contributed by atoms with Crippen LogP contribution in [0.4, 0.5) is 10.1 Å². The lowest BCUT2D eigenvalue weighted by atomic mass is 10.1. The van der Waals surface area contributed by atoms with E-state index in [-0.39, 0.29) is 35.2 Å². The van der Waals surface area contributed by atoms with E-state index in [2.05, 4.69) is 5.32 Å². The monoisotopic (exact) mass is 459 g/mol. The number of hydrogen-bond donors (Lipinski definition) is 2. The largest absolute Gasteiger partial charge is 0.359 e. The number of carbonyl (C=O) groups excluding carboxylic acids is 1. The van der Waals surface area contributed by atoms with E-state index < -0.39 is 10.0 Å². The first-order valence-corrected chi connectivity index (χ1v) is 12.2. The molecule has 0 saturated carbocycles. The van der Waals surface area contributed by atoms with Gasteiger partial charge in [0.05, 0.1) is 17.5 Å². The number of thiophene rings is 1. The number of halogens is 1. The summed E-state index contributed by atoms with van der Waals surface area (Å²) in [6, 6.07) is 14.3. The Morgan fingerprint density at radius 1 is 1.26 bits per heavy atom. The van der Waals surface area contributed by atoms with Crippen LogP contribution in [0, 0.1) is 5.82 Å². The molecule has 9 heteroatoms. The molecule has 3 N–H and O–H groups in total. The van der Waals surface area contributed by atoms with Gasteiger partial charge in [-0.25, -0.2) is 17.9 Å². The highest BCUT2D eigenvalue weighted by atomic mass is 32.2. The number of rotatable bonds is 6. The number of benzene rings is 2. The number of hydrogen-bond acceptors (Lipinski definition) is 5. The number of primary sulfonamides is 1. The predicted octanol–water partition coefficient (Wildman–Crippen LogP) is 3.19. The number of nitrogens with zero attached hydrogens (tertiary/aromatic N) is 1. The van der Waals surface area contributed by atoms with E-state index in [1.807, 2.05) is 29.3 Å². The van der Waals surface area contributed by atoms with Crippen LogP contribution >= 0.6 is 11.3 Å². The van der Waals surface area contributed by atoms with Crippen LogP contribution in [0.5, 0.6) is 0 Å². The maximum atomic E-state index is 13.4. The van der Waals surface area contributed by atoms with Gasteiger partial charge >= 0.3 is 0 Å². The number of carbonyl (C=O) groups is 1. The lowest BCUT2D eigenvalue weighted by Gasteiger charge is -2.26. The van der Waals surface area contributed by atoms with Crippen LogP contribution in [-0.2, 0) is 21.2 Å². The van der Waals surface area contributed by atoms with Crippen LogP contribution in [0.1, 0.15) is 29.0 Å². The van der Waals surface area contributed by atoms with Crippen molar-refractivity contribution in [3.8, 4) is 0 Å². The second-order valence-electron chi connectivity index (χ2n) is 7.58. The third-order valence-electron chi connectivity index (χ3n) is 5.39. The van der Waals surface area contributed by atoms with Crippen molar-refractivity contribution >= 4 is 33.0 Å². The second kappa shape index (κ2) is 8.41. The van der Waals surface area contributed by atoms with Gasteiger partial charge in [-0.15, -0.1) is 11.3 Å². The normalized spacial score (nSPS) is 16.7. The molecule has 162 valence electrons. The first-order valence-electron chi connectivity index (χ1n) is 9.73. The van der Waals surface area contributed by atoms with Crippen molar-refractivity contribution in [2.75, 3.05) is 11.4 Å². The average molecular weight is 460 g/mol. The van der Waals surface area contributed by atoms with Crippen molar-refractivity contribution in [2.24, 2.45) is 5.14 Å². The third-order valence-corrected chi connectivity index (χ3v) is 7.23. The molecule has 0 aliphatic carbocycles. The van der Waals surface area contributed by atoms with Crippen molar-refractivity contribution in [2.45, 2.75) is 30.3 Å². The average Bonchev–Trinajstić information content (AvgIpc) is 3.34. The van der Waals surface area contributed by atoms with E-state index in [1.165, 1.54) is 29.5 Å². The lowest BCUT2D eigenvalue weighted by Crippen LogP contribution is -2.41. The summed E-state index contributed by atoms with van der Waals surface area (Å²) in [4.78, 5) is 16.0. The van der Waals surface area contributed by atoms with Gasteiger partial charge in [-0.1, -0.05) is 18.2 Å². The summed E-state index contributed by atoms with van der Waals surface area (Å²) in [7, 11) is -3.78. The Hall–Kier alpha value is -2.75. The fraction of sp³-hybridized carbons (Fsp3) is 0.227. The molecule has 0 fully saturated rings. The molecule has 1 amide bonds. The van der Waals surface area contributed by atoms with Crippen molar-refractivity contribution in [1.82, 2.24) is 5.32 Å². The molecule has 1 aliphatic rings. The van der Waals surface area contributed by atoms with E-state index in [1.54, 1.807) is 24.3 Å². The Labute approximate surface area is 184 Å². The molecule has 3 aromatic rings. The molecule has 2 atom stereocenters. The smallest absolute Gasteiger partial charge is 0.240 e. The highest BCUT2D eigenvalue weighted by Gasteiger charge is 2.29. The molecule has 2 aromatic carbocycles. The van der Waals surface area contributed by atoms with Gasteiger partial charge in [-0.3, -0.25) is 4.79 Å². The van der Waals surface area contributed by atoms with E-state index in [9.17, 15) is 17.6 Å². The Bertz CT molecular complexity index is 1200. The van der Waals surface area contributed by atoms with Gasteiger partial charge in [0, 0.05) is 16.6 Å². The molecule has 0 saturated heterocycles. The third kappa shape index (κ3) is 4.63. The molecule has 0 spiro atoms. The Morgan fingerprint density at radius 3 is 2.65 bits per heavy atom. The minimum Gasteiger partial charge on any atom is -0.359 e. The molecule has 4 rings (SSSR count). The number of nitrogens with one attached hydrogen (secondary N) is 1. The van der Waals surface area contributed by atoms with Crippen molar-refractivity contribution < 1.29 is 17.6 Å². The van der Waals surface area contributed by atoms with E-state index in [0.717, 1.165) is 21.7 Å². The van der Waals surface area contributed by atoms with Crippen LogP contribution in [0.25, 0.3) is 0 Å². The van der Waals surface area contributed by atoms with E-state index >= 15 is 0 Å². The topological polar surface area (TPSA) is 92.5 Å². The number of fused-ring (bicyclic) bond motifs is 1. The Balaban J connectivity index is 1.54. The van der Waals surface area contributed by atoms with Crippen molar-refractivity contribution in [3.05, 3.63) is 81.8 Å². The van der Waals surface area contributed by atoms with Gasteiger partial charge in [-0.2, -0.15) is 0 Å². The zero-order chi connectivity index (χ0) is 22.2. The lowest BCUT2D eigenvalue weighted by molar-refractivity contribution is -0.120. The van der Waals surface area contributed by atoms with Gasteiger partial charge in [-0.05, 0) is 66.2 Å². The van der Waals surface area contributed by atoms with Gasteiger partial charge in [0.2, 0.25) is 15.9 Å². The molecule has 1 aromatic heterocycles. The first-order chi connectivity index (χ1) is 14.7. The fourth-order valence-electron chi connectivity index (χ4n) is 3.88. The highest BCUT2D eigenvalue weighted by Crippen LogP contribution is 2.33. The van der Waals surface area contributed by atoms with Crippen LogP contribution in [-0.4, -0.2) is 26.9 Å². The zero-order valence-electron chi connectivity index (χ0n) is 16.8. The Morgan fingerprint density at radius 2 is 2.00 bits per heavy atom. The second-order valence-corrected chi connectivity index (χ2v) is 10.1. The van der Waals surface area contributed by atoms with Gasteiger partial charge < -0.3 is 10.2 Å². The summed E-state index contributed by atoms with van der Waals surface area (Å²) >= 11 is 1.52. The number of amides is 1. The minimum atomic E-state index is -3.78. The SMILES string of the molecule is C[C@H]1Cc2cc(S(N)(=O)=O)ccc2N1CC(=O)N[C@@H](c1ccc(F)cc1)c1cccs1. The van der Waals surface area contributed by atoms with E-state index in [4.69, 9.17) is 5.14 Å².